The molecule has 2 fully saturated rings. The number of nitrogens with two attached hydrogens (primary N) is 1. The average Bonchev–Trinajstić information content (AvgIpc) is 3.35. The number of amides is 2. The number of ether oxygens (including phenoxy) is 1. The first kappa shape index (κ1) is 25.9. The lowest BCUT2D eigenvalue weighted by Crippen LogP contribution is -2.39. The maximum absolute atomic E-state index is 13.0. The van der Waals surface area contributed by atoms with E-state index in [4.69, 9.17) is 10.5 Å². The minimum absolute atomic E-state index is 0.0252. The summed E-state index contributed by atoms with van der Waals surface area (Å²) >= 11 is 0. The normalized spacial score (nSPS) is 19.8. The van der Waals surface area contributed by atoms with E-state index in [2.05, 4.69) is 46.7 Å². The molecule has 2 aromatic carbocycles. The number of rotatable bonds is 7. The molecular formula is C31H36N4O3. The minimum Gasteiger partial charge on any atom is -0.448 e. The third-order valence-corrected chi connectivity index (χ3v) is 7.72. The lowest BCUT2D eigenvalue weighted by molar-refractivity contribution is -0.117. The Balaban J connectivity index is 1.28. The lowest BCUT2D eigenvalue weighted by Gasteiger charge is -2.32. The Hall–Kier alpha value is -3.71. The molecule has 1 aliphatic carbocycles. The molecule has 5 rings (SSSR count). The molecule has 38 heavy (non-hydrogen) atoms. The number of nitrogens with zero attached hydrogens (tertiary/aromatic N) is 2. The summed E-state index contributed by atoms with van der Waals surface area (Å²) in [5.74, 6) is 0.830. The number of pyridine rings is 1. The first-order valence-electron chi connectivity index (χ1n) is 13.5. The number of nitrogens with one attached hydrogen (secondary N) is 1. The van der Waals surface area contributed by atoms with Crippen molar-refractivity contribution in [2.75, 3.05) is 18.5 Å². The van der Waals surface area contributed by atoms with Crippen molar-refractivity contribution in [1.82, 2.24) is 9.88 Å². The van der Waals surface area contributed by atoms with Gasteiger partial charge in [0.2, 0.25) is 5.91 Å². The highest BCUT2D eigenvalue weighted by Crippen LogP contribution is 2.35. The summed E-state index contributed by atoms with van der Waals surface area (Å²) in [5, 5.41) is 3.03. The van der Waals surface area contributed by atoms with E-state index in [1.54, 1.807) is 0 Å². The molecule has 7 nitrogen and oxygen atoms in total. The molecule has 7 heteroatoms. The summed E-state index contributed by atoms with van der Waals surface area (Å²) in [4.78, 5) is 31.3. The summed E-state index contributed by atoms with van der Waals surface area (Å²) in [7, 11) is 0. The predicted molar refractivity (Wildman–Crippen MR) is 149 cm³/mol. The van der Waals surface area contributed by atoms with Gasteiger partial charge < -0.3 is 20.7 Å². The van der Waals surface area contributed by atoms with E-state index < -0.39 is 5.54 Å². The molecule has 1 aliphatic heterocycles. The van der Waals surface area contributed by atoms with Crippen molar-refractivity contribution in [1.29, 1.82) is 0 Å². The standard InChI is InChI=1S/C31H36N4O3/c1-31(2,32)24-12-10-23(11-13-24)27-20-33-28(19-26(27)22-6-4-3-5-7-22)34-29(36)18-21-8-14-25(15-9-21)35-16-17-38-30(35)37/h3-7,10-13,19-21,25H,8-9,14-18,32H2,1-2H3,(H,33,34,36)/t21-,25-. The molecule has 3 N–H and O–H groups in total. The van der Waals surface area contributed by atoms with Crippen LogP contribution in [0.3, 0.4) is 0 Å². The zero-order valence-electron chi connectivity index (χ0n) is 22.2. The van der Waals surface area contributed by atoms with E-state index in [0.29, 0.717) is 31.3 Å². The quantitative estimate of drug-likeness (QED) is 0.408. The van der Waals surface area contributed by atoms with Crippen molar-refractivity contribution in [2.45, 2.75) is 57.5 Å². The Morgan fingerprint density at radius 3 is 2.34 bits per heavy atom. The summed E-state index contributed by atoms with van der Waals surface area (Å²) in [6.07, 6.45) is 5.78. The highest BCUT2D eigenvalue weighted by Gasteiger charge is 2.33. The Bertz CT molecular complexity index is 1280. The van der Waals surface area contributed by atoms with Crippen LogP contribution in [0.25, 0.3) is 22.3 Å². The highest BCUT2D eigenvalue weighted by atomic mass is 16.6. The van der Waals surface area contributed by atoms with Gasteiger partial charge in [-0.25, -0.2) is 9.78 Å². The van der Waals surface area contributed by atoms with E-state index in [0.717, 1.165) is 53.5 Å². The van der Waals surface area contributed by atoms with Crippen LogP contribution in [-0.4, -0.2) is 41.1 Å². The van der Waals surface area contributed by atoms with Crippen LogP contribution in [0.1, 0.15) is 51.5 Å². The van der Waals surface area contributed by atoms with Crippen LogP contribution >= 0.6 is 0 Å². The van der Waals surface area contributed by atoms with E-state index >= 15 is 0 Å². The Morgan fingerprint density at radius 2 is 1.71 bits per heavy atom. The molecular weight excluding hydrogens is 476 g/mol. The second-order valence-corrected chi connectivity index (χ2v) is 11.0. The Labute approximate surface area is 224 Å². The van der Waals surface area contributed by atoms with Crippen molar-refractivity contribution >= 4 is 17.8 Å². The molecule has 1 aromatic heterocycles. The number of cyclic esters (lactones) is 1. The fourth-order valence-electron chi connectivity index (χ4n) is 5.54. The van der Waals surface area contributed by atoms with Gasteiger partial charge >= 0.3 is 6.09 Å². The number of carbonyl (C=O) groups is 2. The van der Waals surface area contributed by atoms with Gasteiger partial charge in [-0.2, -0.15) is 0 Å². The number of hydrogen-bond acceptors (Lipinski definition) is 5. The van der Waals surface area contributed by atoms with Gasteiger partial charge in [-0.1, -0.05) is 54.6 Å². The van der Waals surface area contributed by atoms with E-state index in [-0.39, 0.29) is 18.0 Å². The van der Waals surface area contributed by atoms with Crippen LogP contribution in [-0.2, 0) is 15.1 Å². The number of benzene rings is 2. The molecule has 1 saturated heterocycles. The van der Waals surface area contributed by atoms with Crippen molar-refractivity contribution in [3.05, 3.63) is 72.4 Å². The van der Waals surface area contributed by atoms with Gasteiger partial charge in [0.05, 0.1) is 6.54 Å². The molecule has 0 atom stereocenters. The Morgan fingerprint density at radius 1 is 1.03 bits per heavy atom. The highest BCUT2D eigenvalue weighted by molar-refractivity contribution is 5.92. The molecule has 0 radical (unpaired) electrons. The van der Waals surface area contributed by atoms with Gasteiger partial charge in [-0.05, 0) is 73.8 Å². The second-order valence-electron chi connectivity index (χ2n) is 11.0. The van der Waals surface area contributed by atoms with Gasteiger partial charge in [-0.15, -0.1) is 0 Å². The van der Waals surface area contributed by atoms with Crippen molar-refractivity contribution < 1.29 is 14.3 Å². The molecule has 2 heterocycles. The van der Waals surface area contributed by atoms with Gasteiger partial charge in [0.25, 0.3) is 0 Å². The topological polar surface area (TPSA) is 97.5 Å². The zero-order valence-corrected chi connectivity index (χ0v) is 22.2. The molecule has 0 spiro atoms. The van der Waals surface area contributed by atoms with Gasteiger partial charge in [0.15, 0.2) is 0 Å². The lowest BCUT2D eigenvalue weighted by atomic mass is 9.83. The van der Waals surface area contributed by atoms with Crippen LogP contribution in [0.5, 0.6) is 0 Å². The summed E-state index contributed by atoms with van der Waals surface area (Å²) < 4.78 is 5.08. The first-order valence-corrected chi connectivity index (χ1v) is 13.5. The largest absolute Gasteiger partial charge is 0.448 e. The van der Waals surface area contributed by atoms with Gasteiger partial charge in [0.1, 0.15) is 12.4 Å². The number of anilines is 1. The minimum atomic E-state index is -0.410. The first-order chi connectivity index (χ1) is 18.3. The summed E-state index contributed by atoms with van der Waals surface area (Å²) in [5.41, 5.74) is 11.0. The third kappa shape index (κ3) is 5.89. The zero-order chi connectivity index (χ0) is 26.7. The van der Waals surface area contributed by atoms with Crippen LogP contribution < -0.4 is 11.1 Å². The molecule has 0 bridgehead atoms. The van der Waals surface area contributed by atoms with Crippen molar-refractivity contribution in [2.24, 2.45) is 11.7 Å². The predicted octanol–water partition coefficient (Wildman–Crippen LogP) is 5.95. The smallest absolute Gasteiger partial charge is 0.410 e. The third-order valence-electron chi connectivity index (χ3n) is 7.72. The monoisotopic (exact) mass is 512 g/mol. The molecule has 1 saturated carbocycles. The van der Waals surface area contributed by atoms with Crippen LogP contribution in [0.4, 0.5) is 10.6 Å². The summed E-state index contributed by atoms with van der Waals surface area (Å²) in [6, 6.07) is 20.6. The molecule has 2 amide bonds. The van der Waals surface area contributed by atoms with Gasteiger partial charge in [-0.3, -0.25) is 4.79 Å². The van der Waals surface area contributed by atoms with Crippen LogP contribution in [0.15, 0.2) is 66.9 Å². The van der Waals surface area contributed by atoms with E-state index in [1.807, 2.05) is 49.2 Å². The van der Waals surface area contributed by atoms with E-state index in [1.165, 1.54) is 0 Å². The maximum Gasteiger partial charge on any atom is 0.410 e. The van der Waals surface area contributed by atoms with E-state index in [9.17, 15) is 9.59 Å². The molecule has 198 valence electrons. The fraction of sp³-hybridized carbons (Fsp3) is 0.387. The summed E-state index contributed by atoms with van der Waals surface area (Å²) in [6.45, 7) is 5.14. The maximum atomic E-state index is 13.0. The fourth-order valence-corrected chi connectivity index (χ4v) is 5.54. The second kappa shape index (κ2) is 11.0. The van der Waals surface area contributed by atoms with Crippen LogP contribution in [0, 0.1) is 5.92 Å². The van der Waals surface area contributed by atoms with Crippen LogP contribution in [0.2, 0.25) is 0 Å². The average molecular weight is 513 g/mol. The Kier molecular flexibility index (Phi) is 7.47. The van der Waals surface area contributed by atoms with Gasteiger partial charge in [0, 0.05) is 29.8 Å². The SMILES string of the molecule is CC(C)(N)c1ccc(-c2cnc(NC(=O)C[C@H]3CC[C@H](N4CCOC4=O)CC3)cc2-c2ccccc2)cc1. The number of aromatic nitrogens is 1. The molecule has 0 unspecified atom stereocenters. The van der Waals surface area contributed by atoms with Crippen molar-refractivity contribution in [3.8, 4) is 22.3 Å². The van der Waals surface area contributed by atoms with Crippen molar-refractivity contribution in [3.63, 3.8) is 0 Å². The molecule has 2 aliphatic rings. The number of carbonyl (C=O) groups excluding carboxylic acids is 2. The molecule has 3 aromatic rings. The number of hydrogen-bond donors (Lipinski definition) is 2.